The molecule has 3 rings (SSSR count). The van der Waals surface area contributed by atoms with Crippen molar-refractivity contribution in [2.45, 2.75) is 36.2 Å². The second-order valence-electron chi connectivity index (χ2n) is 7.10. The number of halogens is 5. The maximum absolute atomic E-state index is 14.6. The summed E-state index contributed by atoms with van der Waals surface area (Å²) < 4.78 is 62.6. The molecule has 10 heteroatoms. The number of phenolic OH excluding ortho intramolecular Hbond substituents is 1. The van der Waals surface area contributed by atoms with E-state index < -0.39 is 60.0 Å². The van der Waals surface area contributed by atoms with Crippen molar-refractivity contribution in [1.82, 2.24) is 5.32 Å². The SMILES string of the molecule is C[C@@H](NC(=O)C1([AsH]C(=O)C(F)(F)F)CC1)c1ccc(-c2cccc(F)c2O)cc1F. The molecule has 1 unspecified atom stereocenters. The van der Waals surface area contributed by atoms with Gasteiger partial charge in [0.15, 0.2) is 0 Å². The summed E-state index contributed by atoms with van der Waals surface area (Å²) in [6, 6.07) is 6.82. The van der Waals surface area contributed by atoms with Crippen LogP contribution in [0.15, 0.2) is 36.4 Å². The zero-order valence-corrected chi connectivity index (χ0v) is 17.7. The molecule has 2 atom stereocenters. The molecular formula is C20H17AsF5NO3. The molecule has 2 N–H and O–H groups in total. The normalized spacial score (nSPS) is 16.5. The van der Waals surface area contributed by atoms with Crippen molar-refractivity contribution < 1.29 is 36.6 Å². The van der Waals surface area contributed by atoms with E-state index in [0.717, 1.165) is 12.1 Å². The van der Waals surface area contributed by atoms with E-state index in [-0.39, 0.29) is 29.5 Å². The Morgan fingerprint density at radius 3 is 2.37 bits per heavy atom. The minimum atomic E-state index is -4.95. The van der Waals surface area contributed by atoms with Crippen molar-refractivity contribution in [3.8, 4) is 16.9 Å². The number of rotatable bonds is 6. The van der Waals surface area contributed by atoms with Crippen LogP contribution in [0.4, 0.5) is 22.0 Å². The summed E-state index contributed by atoms with van der Waals surface area (Å²) in [5.74, 6) is -2.90. The van der Waals surface area contributed by atoms with Gasteiger partial charge in [0, 0.05) is 0 Å². The molecule has 0 bridgehead atoms. The standard InChI is InChI=1S/C20H17AsF5NO3/c1-10(27-18(30)19(7-8-19)21-17(29)20(24,25)26)12-6-5-11(9-15(12)23)13-3-2-4-14(22)16(13)28/h2-6,9-10,21,28H,7-8H2,1H3,(H,27,30)/t10-/m1/s1. The van der Waals surface area contributed by atoms with Crippen molar-refractivity contribution in [2.24, 2.45) is 0 Å². The molecule has 0 aliphatic heterocycles. The van der Waals surface area contributed by atoms with E-state index in [2.05, 4.69) is 5.32 Å². The summed E-state index contributed by atoms with van der Waals surface area (Å²) in [5.41, 5.74) is 0.374. The van der Waals surface area contributed by atoms with Crippen molar-refractivity contribution >= 4 is 26.2 Å². The predicted molar refractivity (Wildman–Crippen MR) is 100 cm³/mol. The monoisotopic (exact) mass is 489 g/mol. The molecule has 2 aromatic carbocycles. The number of phenols is 1. The van der Waals surface area contributed by atoms with Crippen molar-refractivity contribution in [3.05, 3.63) is 53.6 Å². The third kappa shape index (κ3) is 4.51. The number of nitrogens with one attached hydrogen (secondary N) is 1. The Hall–Kier alpha value is -2.41. The van der Waals surface area contributed by atoms with Crippen LogP contribution in [0.1, 0.15) is 31.4 Å². The topological polar surface area (TPSA) is 66.4 Å². The Balaban J connectivity index is 1.74. The second kappa shape index (κ2) is 8.02. The first kappa shape index (κ1) is 22.3. The third-order valence-corrected chi connectivity index (χ3v) is 8.51. The summed E-state index contributed by atoms with van der Waals surface area (Å²) in [5, 5.41) is 12.3. The first-order valence-corrected chi connectivity index (χ1v) is 11.0. The van der Waals surface area contributed by atoms with Crippen molar-refractivity contribution in [3.63, 3.8) is 0 Å². The number of benzene rings is 2. The fraction of sp³-hybridized carbons (Fsp3) is 0.300. The molecule has 0 saturated heterocycles. The zero-order chi connectivity index (χ0) is 22.3. The van der Waals surface area contributed by atoms with Crippen LogP contribution in [-0.2, 0) is 9.59 Å². The summed E-state index contributed by atoms with van der Waals surface area (Å²) in [6.45, 7) is 1.47. The zero-order valence-electron chi connectivity index (χ0n) is 15.6. The van der Waals surface area contributed by atoms with Crippen LogP contribution in [-0.4, -0.2) is 37.5 Å². The fourth-order valence-corrected chi connectivity index (χ4v) is 5.41. The molecule has 0 spiro atoms. The van der Waals surface area contributed by atoms with Gasteiger partial charge in [-0.1, -0.05) is 0 Å². The molecule has 0 heterocycles. The van der Waals surface area contributed by atoms with Crippen LogP contribution in [0.2, 0.25) is 4.20 Å². The fourth-order valence-electron chi connectivity index (χ4n) is 3.03. The Morgan fingerprint density at radius 1 is 1.13 bits per heavy atom. The minimum absolute atomic E-state index is 0.0703. The molecule has 0 radical (unpaired) electrons. The molecule has 4 nitrogen and oxygen atoms in total. The van der Waals surface area contributed by atoms with Gasteiger partial charge in [-0.05, 0) is 0 Å². The van der Waals surface area contributed by atoms with Gasteiger partial charge in [-0.15, -0.1) is 0 Å². The molecule has 30 heavy (non-hydrogen) atoms. The summed E-state index contributed by atoms with van der Waals surface area (Å²) >= 11 is -2.25. The van der Waals surface area contributed by atoms with Crippen LogP contribution >= 0.6 is 0 Å². The molecular weight excluding hydrogens is 472 g/mol. The van der Waals surface area contributed by atoms with Gasteiger partial charge in [0.25, 0.3) is 0 Å². The number of alkyl halides is 3. The van der Waals surface area contributed by atoms with Crippen molar-refractivity contribution in [2.75, 3.05) is 0 Å². The van der Waals surface area contributed by atoms with E-state index in [4.69, 9.17) is 0 Å². The predicted octanol–water partition coefficient (Wildman–Crippen LogP) is 3.99. The molecule has 2 aromatic rings. The first-order valence-electron chi connectivity index (χ1n) is 8.92. The van der Waals surface area contributed by atoms with Gasteiger partial charge < -0.3 is 0 Å². The molecule has 1 amide bonds. The van der Waals surface area contributed by atoms with Crippen LogP contribution in [0.5, 0.6) is 5.75 Å². The van der Waals surface area contributed by atoms with Crippen LogP contribution in [0.3, 0.4) is 0 Å². The molecule has 1 fully saturated rings. The van der Waals surface area contributed by atoms with E-state index in [9.17, 15) is 36.6 Å². The quantitative estimate of drug-likeness (QED) is 0.477. The van der Waals surface area contributed by atoms with Gasteiger partial charge in [-0.25, -0.2) is 0 Å². The van der Waals surface area contributed by atoms with Gasteiger partial charge in [0.2, 0.25) is 0 Å². The number of aromatic hydroxyl groups is 1. The van der Waals surface area contributed by atoms with E-state index in [1.807, 2.05) is 0 Å². The third-order valence-electron chi connectivity index (χ3n) is 4.91. The molecule has 160 valence electrons. The molecule has 1 saturated carbocycles. The van der Waals surface area contributed by atoms with Crippen LogP contribution in [0, 0.1) is 11.6 Å². The molecule has 1 aliphatic carbocycles. The number of hydrogen-bond donors (Lipinski definition) is 2. The first-order chi connectivity index (χ1) is 13.9. The number of para-hydroxylation sites is 1. The van der Waals surface area contributed by atoms with E-state index >= 15 is 0 Å². The van der Waals surface area contributed by atoms with E-state index in [0.29, 0.717) is 0 Å². The van der Waals surface area contributed by atoms with Gasteiger partial charge in [0.1, 0.15) is 0 Å². The van der Waals surface area contributed by atoms with Gasteiger partial charge in [0.05, 0.1) is 0 Å². The Labute approximate surface area is 175 Å². The number of hydrogen-bond acceptors (Lipinski definition) is 3. The number of carbonyl (C=O) groups excluding carboxylic acids is 2. The maximum atomic E-state index is 14.6. The van der Waals surface area contributed by atoms with Gasteiger partial charge >= 0.3 is 175 Å². The van der Waals surface area contributed by atoms with E-state index in [1.54, 1.807) is 0 Å². The van der Waals surface area contributed by atoms with Gasteiger partial charge in [-0.3, -0.25) is 0 Å². The second-order valence-corrected chi connectivity index (χ2v) is 10.6. The number of amides is 1. The Bertz CT molecular complexity index is 1000. The van der Waals surface area contributed by atoms with Gasteiger partial charge in [-0.2, -0.15) is 0 Å². The van der Waals surface area contributed by atoms with Crippen LogP contribution in [0.25, 0.3) is 11.1 Å². The molecule has 0 aromatic heterocycles. The Kier molecular flexibility index (Phi) is 5.96. The summed E-state index contributed by atoms with van der Waals surface area (Å²) in [6.07, 6.45) is -4.55. The van der Waals surface area contributed by atoms with Crippen LogP contribution < -0.4 is 5.32 Å². The van der Waals surface area contributed by atoms with E-state index in [1.165, 1.54) is 31.2 Å². The summed E-state index contributed by atoms with van der Waals surface area (Å²) in [7, 11) is 0. The average Bonchev–Trinajstić information content (AvgIpc) is 3.43. The number of carbonyl (C=O) groups is 2. The average molecular weight is 489 g/mol. The molecule has 1 aliphatic rings. The van der Waals surface area contributed by atoms with Crippen molar-refractivity contribution in [1.29, 1.82) is 0 Å². The summed E-state index contributed by atoms with van der Waals surface area (Å²) in [4.78, 5) is 23.8. The Morgan fingerprint density at radius 2 is 1.80 bits per heavy atom.